The number of aliphatic carboxylic acids is 2. The van der Waals surface area contributed by atoms with Crippen molar-refractivity contribution in [3.63, 3.8) is 0 Å². The number of benzene rings is 1. The molecule has 2 N–H and O–H groups in total. The number of rotatable bonds is 6. The molecule has 0 radical (unpaired) electrons. The van der Waals surface area contributed by atoms with Gasteiger partial charge in [0.1, 0.15) is 0 Å². The molecule has 1 fully saturated rings. The third-order valence-electron chi connectivity index (χ3n) is 4.00. The zero-order valence-corrected chi connectivity index (χ0v) is 12.7. The van der Waals surface area contributed by atoms with Crippen LogP contribution in [0, 0.1) is 5.92 Å². The third-order valence-corrected chi connectivity index (χ3v) is 4.00. The molecule has 1 aromatic carbocycles. The second kappa shape index (κ2) is 7.26. The first-order valence-corrected chi connectivity index (χ1v) is 7.42. The van der Waals surface area contributed by atoms with Crippen molar-refractivity contribution in [3.05, 3.63) is 29.8 Å². The van der Waals surface area contributed by atoms with E-state index < -0.39 is 11.9 Å². The van der Waals surface area contributed by atoms with Crippen molar-refractivity contribution < 1.29 is 19.8 Å². The molecule has 6 heteroatoms. The smallest absolute Gasteiger partial charge is 0.317 e. The van der Waals surface area contributed by atoms with E-state index in [0.29, 0.717) is 19.4 Å². The number of piperidine rings is 1. The van der Waals surface area contributed by atoms with Crippen LogP contribution < -0.4 is 4.90 Å². The second-order valence-corrected chi connectivity index (χ2v) is 5.83. The molecule has 120 valence electrons. The predicted octanol–water partition coefficient (Wildman–Crippen LogP) is 1.50. The van der Waals surface area contributed by atoms with Crippen molar-refractivity contribution in [1.29, 1.82) is 0 Å². The molecule has 1 aliphatic heterocycles. The van der Waals surface area contributed by atoms with Crippen LogP contribution in [0.5, 0.6) is 0 Å². The van der Waals surface area contributed by atoms with E-state index in [1.807, 2.05) is 24.3 Å². The van der Waals surface area contributed by atoms with Crippen LogP contribution in [0.2, 0.25) is 0 Å². The summed E-state index contributed by atoms with van der Waals surface area (Å²) in [6.07, 6.45) is 1.36. The van der Waals surface area contributed by atoms with Gasteiger partial charge in [0.2, 0.25) is 0 Å². The Morgan fingerprint density at radius 2 is 1.77 bits per heavy atom. The average Bonchev–Trinajstić information content (AvgIpc) is 2.47. The number of anilines is 1. The zero-order chi connectivity index (χ0) is 16.1. The van der Waals surface area contributed by atoms with Gasteiger partial charge in [0.25, 0.3) is 0 Å². The molecule has 0 aromatic heterocycles. The zero-order valence-electron chi connectivity index (χ0n) is 12.7. The molecular weight excluding hydrogens is 284 g/mol. The highest BCUT2D eigenvalue weighted by Gasteiger charge is 2.24. The fourth-order valence-corrected chi connectivity index (χ4v) is 2.80. The van der Waals surface area contributed by atoms with Crippen LogP contribution in [0.4, 0.5) is 5.69 Å². The molecule has 6 nitrogen and oxygen atoms in total. The summed E-state index contributed by atoms with van der Waals surface area (Å²) in [5.74, 6) is -1.75. The Morgan fingerprint density at radius 1 is 1.18 bits per heavy atom. The summed E-state index contributed by atoms with van der Waals surface area (Å²) in [5.41, 5.74) is 2.15. The van der Waals surface area contributed by atoms with Gasteiger partial charge in [0.05, 0.1) is 12.5 Å². The largest absolute Gasteiger partial charge is 0.481 e. The maximum atomic E-state index is 11.0. The first-order valence-electron chi connectivity index (χ1n) is 7.42. The number of carboxylic acids is 2. The van der Waals surface area contributed by atoms with Gasteiger partial charge in [-0.25, -0.2) is 0 Å². The molecule has 1 aliphatic rings. The van der Waals surface area contributed by atoms with Crippen LogP contribution in [0.3, 0.4) is 0 Å². The Bertz CT molecular complexity index is 521. The van der Waals surface area contributed by atoms with Crippen LogP contribution in [0.15, 0.2) is 24.3 Å². The minimum Gasteiger partial charge on any atom is -0.481 e. The number of hydrogen-bond donors (Lipinski definition) is 2. The van der Waals surface area contributed by atoms with E-state index in [1.165, 1.54) is 0 Å². The van der Waals surface area contributed by atoms with Crippen molar-refractivity contribution in [3.8, 4) is 0 Å². The fraction of sp³-hybridized carbons (Fsp3) is 0.500. The van der Waals surface area contributed by atoms with Crippen LogP contribution in [-0.2, 0) is 16.1 Å². The van der Waals surface area contributed by atoms with E-state index in [9.17, 15) is 9.59 Å². The van der Waals surface area contributed by atoms with Gasteiger partial charge >= 0.3 is 11.9 Å². The van der Waals surface area contributed by atoms with Crippen LogP contribution in [0.1, 0.15) is 18.4 Å². The molecule has 0 spiro atoms. The van der Waals surface area contributed by atoms with E-state index >= 15 is 0 Å². The summed E-state index contributed by atoms with van der Waals surface area (Å²) in [6, 6.07) is 8.03. The first-order chi connectivity index (χ1) is 10.5. The standard InChI is InChI=1S/C16H22N2O4/c1-17(11-15(19)20)10-12-2-4-14(5-3-12)18-8-6-13(7-9-18)16(21)22/h2-5,13H,6-11H2,1H3,(H,19,20)(H,21,22). The predicted molar refractivity (Wildman–Crippen MR) is 83.0 cm³/mol. The molecule has 1 aromatic rings. The van der Waals surface area contributed by atoms with Gasteiger partial charge in [-0.2, -0.15) is 0 Å². The first kappa shape index (κ1) is 16.3. The van der Waals surface area contributed by atoms with Gasteiger partial charge in [0, 0.05) is 25.3 Å². The summed E-state index contributed by atoms with van der Waals surface area (Å²) in [7, 11) is 1.78. The van der Waals surface area contributed by atoms with Gasteiger partial charge in [-0.1, -0.05) is 12.1 Å². The van der Waals surface area contributed by atoms with Crippen molar-refractivity contribution >= 4 is 17.6 Å². The lowest BCUT2D eigenvalue weighted by atomic mass is 9.96. The SMILES string of the molecule is CN(CC(=O)O)Cc1ccc(N2CCC(C(=O)O)CC2)cc1. The lowest BCUT2D eigenvalue weighted by molar-refractivity contribution is -0.142. The lowest BCUT2D eigenvalue weighted by Crippen LogP contribution is -2.36. The molecule has 0 aliphatic carbocycles. The molecule has 0 bridgehead atoms. The Labute approximate surface area is 130 Å². The van der Waals surface area contributed by atoms with E-state index in [-0.39, 0.29) is 12.5 Å². The number of nitrogens with zero attached hydrogens (tertiary/aromatic N) is 2. The maximum Gasteiger partial charge on any atom is 0.317 e. The molecular formula is C16H22N2O4. The van der Waals surface area contributed by atoms with Crippen molar-refractivity contribution in [2.45, 2.75) is 19.4 Å². The second-order valence-electron chi connectivity index (χ2n) is 5.83. The number of carbonyl (C=O) groups is 2. The number of likely N-dealkylation sites (N-methyl/N-ethyl adjacent to an activating group) is 1. The van der Waals surface area contributed by atoms with Gasteiger partial charge in [-0.05, 0) is 37.6 Å². The highest BCUT2D eigenvalue weighted by molar-refractivity contribution is 5.70. The summed E-state index contributed by atoms with van der Waals surface area (Å²) in [4.78, 5) is 25.5. The van der Waals surface area contributed by atoms with Crippen molar-refractivity contribution in [2.24, 2.45) is 5.92 Å². The molecule has 0 saturated carbocycles. The molecule has 0 unspecified atom stereocenters. The minimum atomic E-state index is -0.833. The van der Waals surface area contributed by atoms with Crippen molar-refractivity contribution in [2.75, 3.05) is 31.6 Å². The molecule has 22 heavy (non-hydrogen) atoms. The van der Waals surface area contributed by atoms with E-state index in [4.69, 9.17) is 10.2 Å². The maximum absolute atomic E-state index is 11.0. The minimum absolute atomic E-state index is 0.0183. The Hall–Kier alpha value is -2.08. The van der Waals surface area contributed by atoms with Crippen molar-refractivity contribution in [1.82, 2.24) is 4.90 Å². The van der Waals surface area contributed by atoms with Gasteiger partial charge in [0.15, 0.2) is 0 Å². The summed E-state index contributed by atoms with van der Waals surface area (Å²) < 4.78 is 0. The normalized spacial score (nSPS) is 16.0. The molecule has 1 saturated heterocycles. The summed E-state index contributed by atoms with van der Waals surface area (Å²) in [5, 5.41) is 17.8. The van der Waals surface area contributed by atoms with Gasteiger partial charge in [-0.15, -0.1) is 0 Å². The monoisotopic (exact) mass is 306 g/mol. The summed E-state index contributed by atoms with van der Waals surface area (Å²) in [6.45, 7) is 2.13. The molecule has 0 amide bonds. The molecule has 0 atom stereocenters. The van der Waals surface area contributed by atoms with Crippen LogP contribution in [-0.4, -0.2) is 53.7 Å². The highest BCUT2D eigenvalue weighted by atomic mass is 16.4. The third kappa shape index (κ3) is 4.46. The highest BCUT2D eigenvalue weighted by Crippen LogP contribution is 2.24. The van der Waals surface area contributed by atoms with E-state index in [1.54, 1.807) is 11.9 Å². The Morgan fingerprint density at radius 3 is 2.27 bits per heavy atom. The Balaban J connectivity index is 1.89. The van der Waals surface area contributed by atoms with E-state index in [2.05, 4.69) is 4.90 Å². The number of carboxylic acid groups (broad SMARTS) is 2. The van der Waals surface area contributed by atoms with Crippen LogP contribution in [0.25, 0.3) is 0 Å². The lowest BCUT2D eigenvalue weighted by Gasteiger charge is -2.32. The average molecular weight is 306 g/mol. The van der Waals surface area contributed by atoms with Crippen LogP contribution >= 0.6 is 0 Å². The Kier molecular flexibility index (Phi) is 5.38. The number of hydrogen-bond acceptors (Lipinski definition) is 4. The van der Waals surface area contributed by atoms with Gasteiger partial charge < -0.3 is 15.1 Å². The summed E-state index contributed by atoms with van der Waals surface area (Å²) >= 11 is 0. The quantitative estimate of drug-likeness (QED) is 0.829. The van der Waals surface area contributed by atoms with E-state index in [0.717, 1.165) is 24.3 Å². The molecule has 1 heterocycles. The molecule has 2 rings (SSSR count). The van der Waals surface area contributed by atoms with Gasteiger partial charge in [-0.3, -0.25) is 14.5 Å². The fourth-order valence-electron chi connectivity index (χ4n) is 2.80. The topological polar surface area (TPSA) is 81.1 Å².